The standard InChI is InChI=1S/C31H23BrO2S/c32-24-15-13-20(14-16-24)19-9-11-21(12-10-19)23-17-22-5-1-2-6-25(22)27(18-23)29-30(33)26-7-3-4-8-28(26)34-31(29)35/h1-16,23,27,33H,17-18H2. The molecule has 2 atom stereocenters. The Hall–Kier alpha value is -3.21. The third-order valence-corrected chi connectivity index (χ3v) is 7.98. The van der Waals surface area contributed by atoms with Gasteiger partial charge in [0.2, 0.25) is 0 Å². The summed E-state index contributed by atoms with van der Waals surface area (Å²) in [7, 11) is 0. The minimum atomic E-state index is -0.0306. The number of halogens is 1. The summed E-state index contributed by atoms with van der Waals surface area (Å²) in [6, 6.07) is 33.3. The Morgan fingerprint density at radius 1 is 0.800 bits per heavy atom. The summed E-state index contributed by atoms with van der Waals surface area (Å²) in [6.45, 7) is 0. The molecule has 4 aromatic carbocycles. The van der Waals surface area contributed by atoms with Crippen LogP contribution in [0.1, 0.15) is 40.5 Å². The van der Waals surface area contributed by atoms with Crippen LogP contribution in [0.5, 0.6) is 5.75 Å². The largest absolute Gasteiger partial charge is 0.507 e. The average molecular weight is 539 g/mol. The van der Waals surface area contributed by atoms with Crippen molar-refractivity contribution in [2.45, 2.75) is 24.7 Å². The van der Waals surface area contributed by atoms with Crippen LogP contribution in [0.25, 0.3) is 22.1 Å². The Bertz CT molecular complexity index is 1590. The van der Waals surface area contributed by atoms with Gasteiger partial charge in [-0.05, 0) is 83.1 Å². The van der Waals surface area contributed by atoms with E-state index in [0.29, 0.717) is 21.6 Å². The van der Waals surface area contributed by atoms with E-state index in [1.165, 1.54) is 27.8 Å². The van der Waals surface area contributed by atoms with E-state index in [-0.39, 0.29) is 11.7 Å². The Kier molecular flexibility index (Phi) is 5.79. The lowest BCUT2D eigenvalue weighted by atomic mass is 9.72. The molecule has 6 rings (SSSR count). The second kappa shape index (κ2) is 9.10. The highest BCUT2D eigenvalue weighted by Gasteiger charge is 2.32. The van der Waals surface area contributed by atoms with Crippen molar-refractivity contribution >= 4 is 39.1 Å². The van der Waals surface area contributed by atoms with Crippen molar-refractivity contribution in [1.29, 1.82) is 0 Å². The lowest BCUT2D eigenvalue weighted by Gasteiger charge is -2.32. The molecule has 1 aliphatic carbocycles. The number of para-hydroxylation sites is 1. The number of fused-ring (bicyclic) bond motifs is 2. The van der Waals surface area contributed by atoms with Gasteiger partial charge in [0, 0.05) is 10.4 Å². The van der Waals surface area contributed by atoms with Crippen molar-refractivity contribution in [1.82, 2.24) is 0 Å². The highest BCUT2D eigenvalue weighted by atomic mass is 79.9. The topological polar surface area (TPSA) is 33.4 Å². The molecule has 1 heterocycles. The van der Waals surface area contributed by atoms with E-state index in [4.69, 9.17) is 16.6 Å². The zero-order valence-electron chi connectivity index (χ0n) is 18.9. The van der Waals surface area contributed by atoms with Crippen molar-refractivity contribution in [2.24, 2.45) is 0 Å². The van der Waals surface area contributed by atoms with Crippen LogP contribution in [0.2, 0.25) is 0 Å². The molecule has 4 heteroatoms. The Balaban J connectivity index is 1.41. The molecule has 0 amide bonds. The molecule has 5 aromatic rings. The molecule has 1 aromatic heterocycles. The zero-order chi connectivity index (χ0) is 23.9. The van der Waals surface area contributed by atoms with Crippen molar-refractivity contribution in [3.05, 3.63) is 128 Å². The van der Waals surface area contributed by atoms with Gasteiger partial charge in [-0.25, -0.2) is 0 Å². The summed E-state index contributed by atoms with van der Waals surface area (Å²) in [5.41, 5.74) is 7.56. The van der Waals surface area contributed by atoms with Crippen LogP contribution in [0, 0.1) is 4.71 Å². The summed E-state index contributed by atoms with van der Waals surface area (Å²) < 4.78 is 7.45. The molecule has 0 radical (unpaired) electrons. The second-order valence-corrected chi connectivity index (χ2v) is 10.5. The summed E-state index contributed by atoms with van der Waals surface area (Å²) in [4.78, 5) is 0. The van der Waals surface area contributed by atoms with Crippen LogP contribution in [-0.2, 0) is 6.42 Å². The Morgan fingerprint density at radius 2 is 1.46 bits per heavy atom. The predicted octanol–water partition coefficient (Wildman–Crippen LogP) is 9.16. The molecule has 2 nitrogen and oxygen atoms in total. The lowest BCUT2D eigenvalue weighted by Crippen LogP contribution is -2.19. The molecule has 1 N–H and O–H groups in total. The van der Waals surface area contributed by atoms with E-state index >= 15 is 0 Å². The van der Waals surface area contributed by atoms with E-state index in [1.807, 2.05) is 24.3 Å². The molecule has 0 aliphatic heterocycles. The van der Waals surface area contributed by atoms with Gasteiger partial charge in [-0.3, -0.25) is 0 Å². The predicted molar refractivity (Wildman–Crippen MR) is 148 cm³/mol. The van der Waals surface area contributed by atoms with Crippen molar-refractivity contribution in [3.63, 3.8) is 0 Å². The third kappa shape index (κ3) is 4.11. The molecule has 0 saturated heterocycles. The van der Waals surface area contributed by atoms with Gasteiger partial charge in [0.1, 0.15) is 11.3 Å². The molecule has 172 valence electrons. The third-order valence-electron chi connectivity index (χ3n) is 7.15. The molecular weight excluding hydrogens is 516 g/mol. The van der Waals surface area contributed by atoms with E-state index in [2.05, 4.69) is 88.7 Å². The van der Waals surface area contributed by atoms with Crippen LogP contribution in [0.3, 0.4) is 0 Å². The number of hydrogen-bond acceptors (Lipinski definition) is 3. The molecule has 0 bridgehead atoms. The number of hydrogen-bond donors (Lipinski definition) is 1. The van der Waals surface area contributed by atoms with Gasteiger partial charge in [0.25, 0.3) is 0 Å². The van der Waals surface area contributed by atoms with E-state index in [1.54, 1.807) is 0 Å². The van der Waals surface area contributed by atoms with E-state index in [0.717, 1.165) is 22.9 Å². The van der Waals surface area contributed by atoms with Crippen molar-refractivity contribution < 1.29 is 9.52 Å². The first-order chi connectivity index (χ1) is 17.1. The second-order valence-electron chi connectivity index (χ2n) is 9.17. The van der Waals surface area contributed by atoms with Crippen LogP contribution in [0.4, 0.5) is 0 Å². The van der Waals surface area contributed by atoms with E-state index in [9.17, 15) is 5.11 Å². The quantitative estimate of drug-likeness (QED) is 0.232. The highest BCUT2D eigenvalue weighted by molar-refractivity contribution is 9.10. The molecule has 0 saturated carbocycles. The fourth-order valence-corrected chi connectivity index (χ4v) is 5.99. The normalized spacial score (nSPS) is 17.3. The average Bonchev–Trinajstić information content (AvgIpc) is 2.89. The first kappa shape index (κ1) is 22.3. The van der Waals surface area contributed by atoms with Gasteiger partial charge in [-0.2, -0.15) is 0 Å². The van der Waals surface area contributed by atoms with Gasteiger partial charge in [-0.15, -0.1) is 0 Å². The summed E-state index contributed by atoms with van der Waals surface area (Å²) >= 11 is 9.19. The van der Waals surface area contributed by atoms with Crippen molar-refractivity contribution in [2.75, 3.05) is 0 Å². The maximum atomic E-state index is 11.3. The minimum absolute atomic E-state index is 0.0306. The van der Waals surface area contributed by atoms with E-state index < -0.39 is 0 Å². The monoisotopic (exact) mass is 538 g/mol. The molecule has 0 spiro atoms. The van der Waals surface area contributed by atoms with Gasteiger partial charge in [0.15, 0.2) is 4.71 Å². The molecule has 2 unspecified atom stereocenters. The maximum absolute atomic E-state index is 11.3. The maximum Gasteiger partial charge on any atom is 0.198 e. The van der Waals surface area contributed by atoms with Gasteiger partial charge in [0.05, 0.1) is 10.9 Å². The lowest BCUT2D eigenvalue weighted by molar-refractivity contribution is 0.443. The molecule has 0 fully saturated rings. The summed E-state index contributed by atoms with van der Waals surface area (Å²) in [5, 5.41) is 12.0. The molecular formula is C31H23BrO2S. The van der Waals surface area contributed by atoms with Gasteiger partial charge in [-0.1, -0.05) is 88.7 Å². The van der Waals surface area contributed by atoms with Gasteiger partial charge >= 0.3 is 0 Å². The van der Waals surface area contributed by atoms with Gasteiger partial charge < -0.3 is 9.52 Å². The number of aromatic hydroxyl groups is 1. The molecule has 35 heavy (non-hydrogen) atoms. The van der Waals surface area contributed by atoms with Crippen LogP contribution >= 0.6 is 28.1 Å². The number of benzene rings is 4. The number of rotatable bonds is 3. The smallest absolute Gasteiger partial charge is 0.198 e. The first-order valence-electron chi connectivity index (χ1n) is 11.8. The van der Waals surface area contributed by atoms with Crippen molar-refractivity contribution in [3.8, 4) is 16.9 Å². The zero-order valence-corrected chi connectivity index (χ0v) is 21.4. The van der Waals surface area contributed by atoms with Crippen LogP contribution < -0.4 is 0 Å². The van der Waals surface area contributed by atoms with Crippen LogP contribution in [0.15, 0.2) is 106 Å². The van der Waals surface area contributed by atoms with Crippen LogP contribution in [-0.4, -0.2) is 5.11 Å². The fraction of sp³-hybridized carbons (Fsp3) is 0.129. The fourth-order valence-electron chi connectivity index (χ4n) is 5.39. The Labute approximate surface area is 218 Å². The highest BCUT2D eigenvalue weighted by Crippen LogP contribution is 2.47. The summed E-state index contributed by atoms with van der Waals surface area (Å²) in [5.74, 6) is 0.522. The SMILES string of the molecule is Oc1c(C2CC(c3ccc(-c4ccc(Br)cc4)cc3)Cc3ccccc32)c(=S)oc2ccccc12. The Morgan fingerprint density at radius 3 is 2.23 bits per heavy atom. The minimum Gasteiger partial charge on any atom is -0.507 e. The summed E-state index contributed by atoms with van der Waals surface area (Å²) in [6.07, 6.45) is 1.82. The first-order valence-corrected chi connectivity index (χ1v) is 13.0. The molecule has 1 aliphatic rings.